The number of hydrogen-bond acceptors (Lipinski definition) is 7. The third-order valence-electron chi connectivity index (χ3n) is 3.87. The van der Waals surface area contributed by atoms with Crippen LogP contribution in [-0.4, -0.2) is 48.0 Å². The molecule has 2 heterocycles. The number of methoxy groups -OCH3 is 2. The summed E-state index contributed by atoms with van der Waals surface area (Å²) in [5.41, 5.74) is 1.31. The highest BCUT2D eigenvalue weighted by Crippen LogP contribution is 2.31. The van der Waals surface area contributed by atoms with Crippen molar-refractivity contribution in [2.24, 2.45) is 0 Å². The van der Waals surface area contributed by atoms with E-state index in [0.717, 1.165) is 15.3 Å². The van der Waals surface area contributed by atoms with Crippen molar-refractivity contribution in [2.75, 3.05) is 27.4 Å². The van der Waals surface area contributed by atoms with Gasteiger partial charge in [0, 0.05) is 19.2 Å². The number of carbonyl (C=O) groups is 1. The standard InChI is InChI=1S/C18H20N4O4S/c1-11-20-16-17(27-11)15(12-5-4-6-13(9-12)26-3)21-22(18(16)24)10-14(23)19-7-8-25-2/h4-6,9H,7-8,10H2,1-3H3,(H,19,23). The van der Waals surface area contributed by atoms with Gasteiger partial charge in [0.05, 0.1) is 23.4 Å². The summed E-state index contributed by atoms with van der Waals surface area (Å²) in [6.45, 7) is 2.41. The first-order valence-corrected chi connectivity index (χ1v) is 9.13. The number of benzene rings is 1. The van der Waals surface area contributed by atoms with E-state index in [1.807, 2.05) is 31.2 Å². The van der Waals surface area contributed by atoms with Gasteiger partial charge in [0.25, 0.3) is 5.56 Å². The zero-order valence-electron chi connectivity index (χ0n) is 15.3. The molecular formula is C18H20N4O4S. The monoisotopic (exact) mass is 388 g/mol. The lowest BCUT2D eigenvalue weighted by Crippen LogP contribution is -2.35. The molecule has 0 saturated carbocycles. The smallest absolute Gasteiger partial charge is 0.294 e. The number of aromatic nitrogens is 3. The Labute approximate surface area is 159 Å². The largest absolute Gasteiger partial charge is 0.497 e. The van der Waals surface area contributed by atoms with E-state index in [-0.39, 0.29) is 18.0 Å². The van der Waals surface area contributed by atoms with Gasteiger partial charge < -0.3 is 14.8 Å². The summed E-state index contributed by atoms with van der Waals surface area (Å²) in [7, 11) is 3.14. The second-order valence-corrected chi connectivity index (χ2v) is 7.00. The van der Waals surface area contributed by atoms with E-state index in [1.165, 1.54) is 11.3 Å². The topological polar surface area (TPSA) is 95.3 Å². The molecule has 0 aliphatic rings. The van der Waals surface area contributed by atoms with Crippen LogP contribution in [0.1, 0.15) is 5.01 Å². The molecular weight excluding hydrogens is 368 g/mol. The quantitative estimate of drug-likeness (QED) is 0.618. The van der Waals surface area contributed by atoms with Crippen LogP contribution in [0.2, 0.25) is 0 Å². The molecule has 0 aliphatic carbocycles. The summed E-state index contributed by atoms with van der Waals surface area (Å²) in [5.74, 6) is 0.364. The van der Waals surface area contributed by atoms with Crippen LogP contribution in [0.5, 0.6) is 5.75 Å². The number of nitrogens with zero attached hydrogens (tertiary/aromatic N) is 3. The Balaban J connectivity index is 2.06. The molecule has 3 aromatic rings. The van der Waals surface area contributed by atoms with Crippen LogP contribution < -0.4 is 15.6 Å². The molecule has 0 unspecified atom stereocenters. The highest BCUT2D eigenvalue weighted by atomic mass is 32.1. The Bertz CT molecular complexity index is 1030. The average Bonchev–Trinajstić information content (AvgIpc) is 3.06. The van der Waals surface area contributed by atoms with Crippen LogP contribution in [0.3, 0.4) is 0 Å². The van der Waals surface area contributed by atoms with Crippen LogP contribution in [0.15, 0.2) is 29.1 Å². The fourth-order valence-corrected chi connectivity index (χ4v) is 3.53. The van der Waals surface area contributed by atoms with Crippen molar-refractivity contribution in [3.63, 3.8) is 0 Å². The summed E-state index contributed by atoms with van der Waals surface area (Å²) in [5, 5.41) is 7.90. The van der Waals surface area contributed by atoms with E-state index in [4.69, 9.17) is 9.47 Å². The van der Waals surface area contributed by atoms with Crippen molar-refractivity contribution in [3.8, 4) is 17.0 Å². The normalized spacial score (nSPS) is 10.9. The van der Waals surface area contributed by atoms with Gasteiger partial charge in [-0.15, -0.1) is 11.3 Å². The van der Waals surface area contributed by atoms with Crippen molar-refractivity contribution >= 4 is 27.5 Å². The highest BCUT2D eigenvalue weighted by molar-refractivity contribution is 7.19. The molecule has 27 heavy (non-hydrogen) atoms. The van der Waals surface area contributed by atoms with Crippen LogP contribution >= 0.6 is 11.3 Å². The minimum atomic E-state index is -0.386. The number of ether oxygens (including phenoxy) is 2. The summed E-state index contributed by atoms with van der Waals surface area (Å²) < 4.78 is 12.0. The molecule has 9 heteroatoms. The molecule has 1 aromatic carbocycles. The number of fused-ring (bicyclic) bond motifs is 1. The predicted molar refractivity (Wildman–Crippen MR) is 103 cm³/mol. The molecule has 0 aliphatic heterocycles. The Kier molecular flexibility index (Phi) is 5.82. The molecule has 1 amide bonds. The lowest BCUT2D eigenvalue weighted by atomic mass is 10.1. The van der Waals surface area contributed by atoms with Crippen molar-refractivity contribution < 1.29 is 14.3 Å². The fraction of sp³-hybridized carbons (Fsp3) is 0.333. The number of hydrogen-bond donors (Lipinski definition) is 1. The highest BCUT2D eigenvalue weighted by Gasteiger charge is 2.18. The number of aryl methyl sites for hydroxylation is 1. The molecule has 1 N–H and O–H groups in total. The summed E-state index contributed by atoms with van der Waals surface area (Å²) >= 11 is 1.40. The summed E-state index contributed by atoms with van der Waals surface area (Å²) in [6, 6.07) is 7.40. The molecule has 3 rings (SSSR count). The van der Waals surface area contributed by atoms with E-state index >= 15 is 0 Å². The minimum absolute atomic E-state index is 0.188. The van der Waals surface area contributed by atoms with E-state index in [9.17, 15) is 9.59 Å². The van der Waals surface area contributed by atoms with E-state index < -0.39 is 0 Å². The van der Waals surface area contributed by atoms with Gasteiger partial charge >= 0.3 is 0 Å². The maximum Gasteiger partial charge on any atom is 0.294 e. The van der Waals surface area contributed by atoms with Gasteiger partial charge in [-0.2, -0.15) is 5.10 Å². The predicted octanol–water partition coefficient (Wildman–Crippen LogP) is 1.60. The molecule has 0 bridgehead atoms. The summed E-state index contributed by atoms with van der Waals surface area (Å²) in [6.07, 6.45) is 0. The van der Waals surface area contributed by atoms with Gasteiger partial charge in [-0.3, -0.25) is 9.59 Å². The molecule has 2 aromatic heterocycles. The van der Waals surface area contributed by atoms with E-state index in [2.05, 4.69) is 15.4 Å². The van der Waals surface area contributed by atoms with E-state index in [1.54, 1.807) is 14.2 Å². The van der Waals surface area contributed by atoms with Gasteiger partial charge in [0.2, 0.25) is 5.91 Å². The molecule has 8 nitrogen and oxygen atoms in total. The average molecular weight is 388 g/mol. The zero-order chi connectivity index (χ0) is 19.4. The fourth-order valence-electron chi connectivity index (χ4n) is 2.62. The number of rotatable bonds is 7. The van der Waals surface area contributed by atoms with Crippen LogP contribution in [-0.2, 0) is 16.1 Å². The van der Waals surface area contributed by atoms with Gasteiger partial charge in [-0.05, 0) is 19.1 Å². The van der Waals surface area contributed by atoms with E-state index in [0.29, 0.717) is 34.8 Å². The van der Waals surface area contributed by atoms with Gasteiger partial charge in [-0.25, -0.2) is 9.67 Å². The first-order chi connectivity index (χ1) is 13.0. The maximum absolute atomic E-state index is 12.7. The zero-order valence-corrected chi connectivity index (χ0v) is 16.1. The molecule has 0 atom stereocenters. The second-order valence-electron chi connectivity index (χ2n) is 5.80. The second kappa shape index (κ2) is 8.28. The third kappa shape index (κ3) is 4.15. The molecule has 142 valence electrons. The number of carbonyl (C=O) groups excluding carboxylic acids is 1. The van der Waals surface area contributed by atoms with Crippen molar-refractivity contribution in [1.82, 2.24) is 20.1 Å². The van der Waals surface area contributed by atoms with Crippen LogP contribution in [0, 0.1) is 6.92 Å². The van der Waals surface area contributed by atoms with Gasteiger partial charge in [0.1, 0.15) is 18.0 Å². The van der Waals surface area contributed by atoms with Gasteiger partial charge in [0.15, 0.2) is 5.52 Å². The lowest BCUT2D eigenvalue weighted by molar-refractivity contribution is -0.122. The number of thiazole rings is 1. The van der Waals surface area contributed by atoms with Crippen molar-refractivity contribution in [1.29, 1.82) is 0 Å². The molecule has 0 spiro atoms. The van der Waals surface area contributed by atoms with Crippen molar-refractivity contribution in [3.05, 3.63) is 39.6 Å². The SMILES string of the molecule is COCCNC(=O)Cn1nc(-c2cccc(OC)c2)c2sc(C)nc2c1=O. The van der Waals surface area contributed by atoms with Crippen molar-refractivity contribution in [2.45, 2.75) is 13.5 Å². The van der Waals surface area contributed by atoms with Crippen LogP contribution in [0.4, 0.5) is 0 Å². The first-order valence-electron chi connectivity index (χ1n) is 8.31. The maximum atomic E-state index is 12.7. The first kappa shape index (κ1) is 19.0. The molecule has 0 saturated heterocycles. The number of amides is 1. The molecule has 0 radical (unpaired) electrons. The number of nitrogens with one attached hydrogen (secondary N) is 1. The Morgan fingerprint density at radius 2 is 2.15 bits per heavy atom. The lowest BCUT2D eigenvalue weighted by Gasteiger charge is -2.10. The Hall–Kier alpha value is -2.78. The summed E-state index contributed by atoms with van der Waals surface area (Å²) in [4.78, 5) is 29.2. The Morgan fingerprint density at radius 3 is 2.89 bits per heavy atom. The minimum Gasteiger partial charge on any atom is -0.497 e. The van der Waals surface area contributed by atoms with Crippen LogP contribution in [0.25, 0.3) is 21.5 Å². The third-order valence-corrected chi connectivity index (χ3v) is 4.85. The van der Waals surface area contributed by atoms with Gasteiger partial charge in [-0.1, -0.05) is 12.1 Å². The Morgan fingerprint density at radius 1 is 1.33 bits per heavy atom. The molecule has 0 fully saturated rings.